The molecule has 3 aliphatic carbocycles. The molecule has 3 saturated carbocycles. The molecule has 172 valence electrons. The Balaban J connectivity index is 1.57. The Labute approximate surface area is 181 Å². The molecule has 2 aromatic heterocycles. The minimum absolute atomic E-state index is 0.0872. The molecule has 0 aromatic carbocycles. The van der Waals surface area contributed by atoms with Gasteiger partial charge < -0.3 is 15.2 Å². The number of hydrogen-bond donors (Lipinski definition) is 2. The van der Waals surface area contributed by atoms with E-state index in [9.17, 15) is 27.9 Å². The van der Waals surface area contributed by atoms with E-state index in [0.29, 0.717) is 45.0 Å². The van der Waals surface area contributed by atoms with Crippen LogP contribution in [0.25, 0.3) is 11.0 Å². The number of pyridine rings is 2. The van der Waals surface area contributed by atoms with Crippen LogP contribution in [0.2, 0.25) is 0 Å². The number of carbonyl (C=O) groups is 1. The summed E-state index contributed by atoms with van der Waals surface area (Å²) in [7, 11) is 0. The molecule has 0 spiro atoms. The Morgan fingerprint density at radius 3 is 2.53 bits per heavy atom. The Kier molecular flexibility index (Phi) is 4.93. The molecular weight excluding hydrogens is 429 g/mol. The number of nitrogens with one attached hydrogen (secondary N) is 1. The van der Waals surface area contributed by atoms with Crippen LogP contribution in [0.1, 0.15) is 35.2 Å². The van der Waals surface area contributed by atoms with Crippen molar-refractivity contribution in [3.63, 3.8) is 0 Å². The van der Waals surface area contributed by atoms with Crippen LogP contribution >= 0.6 is 0 Å². The van der Waals surface area contributed by atoms with Gasteiger partial charge in [-0.25, -0.2) is 4.98 Å². The van der Waals surface area contributed by atoms with E-state index in [1.807, 2.05) is 0 Å². The molecule has 4 aliphatic rings. The first-order chi connectivity index (χ1) is 15.2. The van der Waals surface area contributed by atoms with Gasteiger partial charge in [0.15, 0.2) is 0 Å². The summed E-state index contributed by atoms with van der Waals surface area (Å²) in [6.45, 7) is 2.96. The van der Waals surface area contributed by atoms with Gasteiger partial charge in [0.05, 0.1) is 24.2 Å². The van der Waals surface area contributed by atoms with E-state index < -0.39 is 34.5 Å². The molecule has 0 radical (unpaired) electrons. The predicted octanol–water partition coefficient (Wildman–Crippen LogP) is 1.74. The van der Waals surface area contributed by atoms with E-state index in [1.54, 1.807) is 0 Å². The largest absolute Gasteiger partial charge is 0.506 e. The highest BCUT2D eigenvalue weighted by Crippen LogP contribution is 2.57. The van der Waals surface area contributed by atoms with E-state index in [4.69, 9.17) is 4.74 Å². The van der Waals surface area contributed by atoms with Gasteiger partial charge in [0, 0.05) is 37.9 Å². The quantitative estimate of drug-likeness (QED) is 0.718. The van der Waals surface area contributed by atoms with E-state index in [1.165, 1.54) is 4.57 Å². The zero-order valence-corrected chi connectivity index (χ0v) is 17.2. The number of ether oxygens (including phenoxy) is 1. The Morgan fingerprint density at radius 2 is 1.94 bits per heavy atom. The Hall–Kier alpha value is -2.66. The third-order valence-corrected chi connectivity index (χ3v) is 6.79. The molecule has 1 saturated heterocycles. The lowest BCUT2D eigenvalue weighted by atomic mass is 9.50. The summed E-state index contributed by atoms with van der Waals surface area (Å²) >= 11 is 0. The minimum atomic E-state index is -4.68. The van der Waals surface area contributed by atoms with Gasteiger partial charge in [-0.1, -0.05) is 0 Å². The fourth-order valence-corrected chi connectivity index (χ4v) is 4.88. The lowest BCUT2D eigenvalue weighted by Crippen LogP contribution is -2.68. The van der Waals surface area contributed by atoms with Crippen LogP contribution in [0, 0.1) is 5.92 Å². The van der Waals surface area contributed by atoms with Crippen molar-refractivity contribution in [2.75, 3.05) is 32.8 Å². The lowest BCUT2D eigenvalue weighted by molar-refractivity contribution is -0.137. The number of fused-ring (bicyclic) bond motifs is 1. The standard InChI is InChI=1S/C21H23F3N4O4/c22-21(23,24)13-7-14-16(29)15(18(30)26-20-8-12(9-20)10-20)19(31)28(17(14)25-11-13)2-1-27-3-5-32-6-4-27/h7,11-12,29H,1-6,8-10H2,(H,26,30). The van der Waals surface area contributed by atoms with Gasteiger partial charge in [0.1, 0.15) is 17.0 Å². The van der Waals surface area contributed by atoms with Crippen LogP contribution in [-0.2, 0) is 17.5 Å². The zero-order chi connectivity index (χ0) is 22.7. The SMILES string of the molecule is O=C(NC12CC(C1)C2)c1c(O)c2cc(C(F)(F)F)cnc2n(CCN2CCOCC2)c1=O. The van der Waals surface area contributed by atoms with Crippen LogP contribution < -0.4 is 10.9 Å². The number of morpholine rings is 1. The van der Waals surface area contributed by atoms with E-state index >= 15 is 0 Å². The van der Waals surface area contributed by atoms with Gasteiger partial charge in [-0.3, -0.25) is 19.1 Å². The summed E-state index contributed by atoms with van der Waals surface area (Å²) in [5.41, 5.74) is -2.81. The van der Waals surface area contributed by atoms with Crippen molar-refractivity contribution in [2.45, 2.75) is 37.5 Å². The smallest absolute Gasteiger partial charge is 0.417 e. The molecule has 2 bridgehead atoms. The molecular formula is C21H23F3N4O4. The second-order valence-electron chi connectivity index (χ2n) is 8.94. The molecule has 8 nitrogen and oxygen atoms in total. The van der Waals surface area contributed by atoms with Gasteiger partial charge >= 0.3 is 6.18 Å². The summed E-state index contributed by atoms with van der Waals surface area (Å²) in [4.78, 5) is 32.1. The summed E-state index contributed by atoms with van der Waals surface area (Å²) in [5.74, 6) is -0.954. The molecule has 2 N–H and O–H groups in total. The minimum Gasteiger partial charge on any atom is -0.506 e. The number of rotatable bonds is 5. The number of halogens is 3. The van der Waals surface area contributed by atoms with Crippen molar-refractivity contribution in [1.82, 2.24) is 19.8 Å². The summed E-state index contributed by atoms with van der Waals surface area (Å²) in [6.07, 6.45) is -1.60. The second-order valence-corrected chi connectivity index (χ2v) is 8.94. The van der Waals surface area contributed by atoms with Crippen molar-refractivity contribution in [3.8, 4) is 5.75 Å². The third-order valence-electron chi connectivity index (χ3n) is 6.79. The van der Waals surface area contributed by atoms with E-state index in [2.05, 4.69) is 15.2 Å². The number of hydrogen-bond acceptors (Lipinski definition) is 6. The van der Waals surface area contributed by atoms with Crippen molar-refractivity contribution >= 4 is 16.9 Å². The van der Waals surface area contributed by atoms with Crippen LogP contribution in [0.15, 0.2) is 17.1 Å². The first-order valence-corrected chi connectivity index (χ1v) is 10.6. The molecule has 1 amide bonds. The van der Waals surface area contributed by atoms with Crippen LogP contribution in [0.5, 0.6) is 5.75 Å². The fraction of sp³-hybridized carbons (Fsp3) is 0.571. The zero-order valence-electron chi connectivity index (χ0n) is 17.2. The first kappa shape index (κ1) is 21.2. The maximum Gasteiger partial charge on any atom is 0.417 e. The molecule has 0 unspecified atom stereocenters. The molecule has 3 heterocycles. The second kappa shape index (κ2) is 7.45. The van der Waals surface area contributed by atoms with Crippen LogP contribution in [0.3, 0.4) is 0 Å². The molecule has 11 heteroatoms. The third kappa shape index (κ3) is 3.53. The summed E-state index contributed by atoms with van der Waals surface area (Å²) in [6, 6.07) is 0.736. The van der Waals surface area contributed by atoms with Crippen molar-refractivity contribution in [1.29, 1.82) is 0 Å². The number of carbonyl (C=O) groups excluding carboxylic acids is 1. The van der Waals surface area contributed by atoms with Gasteiger partial charge in [0.2, 0.25) is 0 Å². The first-order valence-electron chi connectivity index (χ1n) is 10.6. The highest BCUT2D eigenvalue weighted by molar-refractivity contribution is 6.02. The average molecular weight is 452 g/mol. The molecule has 32 heavy (non-hydrogen) atoms. The van der Waals surface area contributed by atoms with Gasteiger partial charge in [-0.2, -0.15) is 13.2 Å². The Morgan fingerprint density at radius 1 is 1.25 bits per heavy atom. The van der Waals surface area contributed by atoms with Crippen LogP contribution in [0.4, 0.5) is 13.2 Å². The number of alkyl halides is 3. The molecule has 1 aliphatic heterocycles. The number of aromatic hydroxyl groups is 1. The number of nitrogens with zero attached hydrogens (tertiary/aromatic N) is 3. The van der Waals surface area contributed by atoms with Crippen LogP contribution in [-0.4, -0.2) is 63.9 Å². The highest BCUT2D eigenvalue weighted by Gasteiger charge is 2.57. The van der Waals surface area contributed by atoms with Crippen molar-refractivity contribution < 1.29 is 27.8 Å². The van der Waals surface area contributed by atoms with Gasteiger partial charge in [0.25, 0.3) is 11.5 Å². The molecule has 6 rings (SSSR count). The number of aromatic nitrogens is 2. The highest BCUT2D eigenvalue weighted by atomic mass is 19.4. The van der Waals surface area contributed by atoms with E-state index in [0.717, 1.165) is 25.3 Å². The maximum absolute atomic E-state index is 13.3. The molecule has 0 atom stereocenters. The van der Waals surface area contributed by atoms with Crippen molar-refractivity contribution in [2.24, 2.45) is 5.92 Å². The normalized spacial score (nSPS) is 25.3. The molecule has 4 fully saturated rings. The topological polar surface area (TPSA) is 96.7 Å². The average Bonchev–Trinajstić information content (AvgIpc) is 2.69. The van der Waals surface area contributed by atoms with Gasteiger partial charge in [-0.05, 0) is 31.2 Å². The van der Waals surface area contributed by atoms with Gasteiger partial charge in [-0.15, -0.1) is 0 Å². The monoisotopic (exact) mass is 452 g/mol. The lowest BCUT2D eigenvalue weighted by Gasteiger charge is -2.61. The summed E-state index contributed by atoms with van der Waals surface area (Å²) < 4.78 is 46.3. The van der Waals surface area contributed by atoms with Crippen molar-refractivity contribution in [3.05, 3.63) is 33.7 Å². The summed E-state index contributed by atoms with van der Waals surface area (Å²) in [5, 5.41) is 13.3. The number of amides is 1. The predicted molar refractivity (Wildman–Crippen MR) is 107 cm³/mol. The van der Waals surface area contributed by atoms with E-state index in [-0.39, 0.29) is 23.1 Å². The maximum atomic E-state index is 13.3. The fourth-order valence-electron chi connectivity index (χ4n) is 4.88. The Bertz CT molecular complexity index is 1120. The molecule has 2 aromatic rings.